The molecule has 3 rings (SSSR count). The van der Waals surface area contributed by atoms with Crippen molar-refractivity contribution >= 4 is 22.2 Å². The van der Waals surface area contributed by atoms with Gasteiger partial charge in [0, 0.05) is 4.88 Å². The second-order valence-corrected chi connectivity index (χ2v) is 6.32. The summed E-state index contributed by atoms with van der Waals surface area (Å²) in [4.78, 5) is 28.0. The number of hydrogen-bond donors (Lipinski definition) is 1. The molecule has 26 heavy (non-hydrogen) atoms. The highest BCUT2D eigenvalue weighted by Crippen LogP contribution is 2.36. The zero-order valence-corrected chi connectivity index (χ0v) is 13.7. The summed E-state index contributed by atoms with van der Waals surface area (Å²) < 4.78 is 58.3. The van der Waals surface area contributed by atoms with Crippen LogP contribution in [0, 0.1) is 12.7 Å². The van der Waals surface area contributed by atoms with E-state index in [2.05, 4.69) is 4.98 Å². The Morgan fingerprint density at radius 2 is 2.04 bits per heavy atom. The van der Waals surface area contributed by atoms with E-state index >= 15 is 0 Å². The number of nitrogens with zero attached hydrogens (tertiary/aromatic N) is 2. The molecule has 2 aromatic heterocycles. The molecular formula is C15H9F4N3O3S. The normalized spacial score (nSPS) is 11.7. The van der Waals surface area contributed by atoms with Gasteiger partial charge in [-0.15, -0.1) is 11.3 Å². The van der Waals surface area contributed by atoms with Gasteiger partial charge in [0.2, 0.25) is 10.8 Å². The highest BCUT2D eigenvalue weighted by atomic mass is 32.1. The van der Waals surface area contributed by atoms with E-state index < -0.39 is 40.7 Å². The molecule has 1 amide bonds. The number of aryl methyl sites for hydroxylation is 1. The SMILES string of the molecule is Cc1sc2nc(Oc3cccc(C(F)(F)F)c3F)cc(=O)n2c1C(N)=O. The number of aromatic nitrogens is 2. The number of thiazole rings is 1. The average Bonchev–Trinajstić information content (AvgIpc) is 2.85. The fourth-order valence-corrected chi connectivity index (χ4v) is 3.29. The monoisotopic (exact) mass is 387 g/mol. The molecular weight excluding hydrogens is 378 g/mol. The lowest BCUT2D eigenvalue weighted by atomic mass is 10.2. The maximum atomic E-state index is 14.0. The molecule has 0 radical (unpaired) electrons. The third-order valence-corrected chi connectivity index (χ3v) is 4.34. The Kier molecular flexibility index (Phi) is 4.18. The Morgan fingerprint density at radius 1 is 1.35 bits per heavy atom. The first-order valence-corrected chi connectivity index (χ1v) is 7.78. The van der Waals surface area contributed by atoms with Gasteiger partial charge in [0.05, 0.1) is 11.6 Å². The first-order valence-electron chi connectivity index (χ1n) is 6.96. The molecule has 0 aliphatic heterocycles. The van der Waals surface area contributed by atoms with Crippen LogP contribution in [0.2, 0.25) is 0 Å². The summed E-state index contributed by atoms with van der Waals surface area (Å²) in [5.41, 5.74) is 2.93. The van der Waals surface area contributed by atoms with Crippen molar-refractivity contribution in [1.29, 1.82) is 0 Å². The Morgan fingerprint density at radius 3 is 2.65 bits per heavy atom. The number of nitrogens with two attached hydrogens (primary N) is 1. The third-order valence-electron chi connectivity index (χ3n) is 3.38. The van der Waals surface area contributed by atoms with Crippen LogP contribution in [0.25, 0.3) is 4.96 Å². The summed E-state index contributed by atoms with van der Waals surface area (Å²) in [5, 5.41) is 0. The van der Waals surface area contributed by atoms with Crippen LogP contribution in [0.5, 0.6) is 11.6 Å². The lowest BCUT2D eigenvalue weighted by Gasteiger charge is -2.11. The number of halogens is 4. The highest BCUT2D eigenvalue weighted by Gasteiger charge is 2.35. The predicted molar refractivity (Wildman–Crippen MR) is 84.1 cm³/mol. The second kappa shape index (κ2) is 6.09. The van der Waals surface area contributed by atoms with E-state index in [1.54, 1.807) is 6.92 Å². The first-order chi connectivity index (χ1) is 12.1. The molecule has 2 N–H and O–H groups in total. The summed E-state index contributed by atoms with van der Waals surface area (Å²) >= 11 is 0.955. The molecule has 6 nitrogen and oxygen atoms in total. The second-order valence-electron chi connectivity index (χ2n) is 5.14. The van der Waals surface area contributed by atoms with Crippen molar-refractivity contribution < 1.29 is 27.1 Å². The lowest BCUT2D eigenvalue weighted by molar-refractivity contribution is -0.140. The van der Waals surface area contributed by atoms with Gasteiger partial charge in [0.1, 0.15) is 5.69 Å². The zero-order chi connectivity index (χ0) is 19.2. The Balaban J connectivity index is 2.09. The number of amides is 1. The summed E-state index contributed by atoms with van der Waals surface area (Å²) in [5.74, 6) is -3.61. The van der Waals surface area contributed by atoms with Crippen molar-refractivity contribution in [3.63, 3.8) is 0 Å². The van der Waals surface area contributed by atoms with Crippen LogP contribution in [0.4, 0.5) is 17.6 Å². The molecule has 0 aliphatic carbocycles. The van der Waals surface area contributed by atoms with Gasteiger partial charge in [0.15, 0.2) is 11.6 Å². The number of fused-ring (bicyclic) bond motifs is 1. The van der Waals surface area contributed by atoms with Gasteiger partial charge in [-0.1, -0.05) is 6.07 Å². The number of rotatable bonds is 3. The minimum atomic E-state index is -4.90. The summed E-state index contributed by atoms with van der Waals surface area (Å²) in [6.07, 6.45) is -4.90. The quantitative estimate of drug-likeness (QED) is 0.700. The van der Waals surface area contributed by atoms with Crippen molar-refractivity contribution in [2.75, 3.05) is 0 Å². The van der Waals surface area contributed by atoms with Crippen LogP contribution in [0.15, 0.2) is 29.1 Å². The molecule has 0 atom stereocenters. The van der Waals surface area contributed by atoms with Crippen LogP contribution in [0.1, 0.15) is 20.9 Å². The van der Waals surface area contributed by atoms with E-state index in [4.69, 9.17) is 10.5 Å². The van der Waals surface area contributed by atoms with Gasteiger partial charge >= 0.3 is 6.18 Å². The Labute approximate surface area is 146 Å². The number of alkyl halides is 3. The number of benzene rings is 1. The van der Waals surface area contributed by atoms with Gasteiger partial charge in [-0.05, 0) is 19.1 Å². The van der Waals surface area contributed by atoms with Gasteiger partial charge in [-0.25, -0.2) is 8.79 Å². The Bertz CT molecular complexity index is 1090. The van der Waals surface area contributed by atoms with Crippen molar-refractivity contribution in [2.45, 2.75) is 13.1 Å². The largest absolute Gasteiger partial charge is 0.436 e. The molecule has 0 saturated heterocycles. The van der Waals surface area contributed by atoms with Gasteiger partial charge in [0.25, 0.3) is 11.5 Å². The predicted octanol–water partition coefficient (Wildman–Crippen LogP) is 3.11. The molecule has 0 unspecified atom stereocenters. The molecule has 136 valence electrons. The fraction of sp³-hybridized carbons (Fsp3) is 0.133. The van der Waals surface area contributed by atoms with E-state index in [1.165, 1.54) is 0 Å². The van der Waals surface area contributed by atoms with E-state index in [0.717, 1.165) is 33.9 Å². The lowest BCUT2D eigenvalue weighted by Crippen LogP contribution is -2.22. The molecule has 2 heterocycles. The first kappa shape index (κ1) is 17.9. The summed E-state index contributed by atoms with van der Waals surface area (Å²) in [7, 11) is 0. The highest BCUT2D eigenvalue weighted by molar-refractivity contribution is 7.17. The van der Waals surface area contributed by atoms with Crippen LogP contribution >= 0.6 is 11.3 Å². The molecule has 0 spiro atoms. The fourth-order valence-electron chi connectivity index (χ4n) is 2.32. The number of ether oxygens (including phenoxy) is 1. The average molecular weight is 387 g/mol. The maximum Gasteiger partial charge on any atom is 0.419 e. The molecule has 0 aliphatic rings. The topological polar surface area (TPSA) is 86.7 Å². The minimum Gasteiger partial charge on any atom is -0.436 e. The van der Waals surface area contributed by atoms with Crippen molar-refractivity contribution in [3.8, 4) is 11.6 Å². The van der Waals surface area contributed by atoms with Crippen LogP contribution in [-0.2, 0) is 6.18 Å². The molecule has 0 bridgehead atoms. The number of primary amides is 1. The van der Waals surface area contributed by atoms with E-state index in [9.17, 15) is 27.2 Å². The third kappa shape index (κ3) is 3.01. The Hall–Kier alpha value is -2.95. The van der Waals surface area contributed by atoms with Crippen molar-refractivity contribution in [3.05, 3.63) is 56.6 Å². The van der Waals surface area contributed by atoms with Crippen molar-refractivity contribution in [1.82, 2.24) is 9.38 Å². The molecule has 3 aromatic rings. The number of hydrogen-bond acceptors (Lipinski definition) is 5. The minimum absolute atomic E-state index is 0.0335. The summed E-state index contributed by atoms with van der Waals surface area (Å²) in [6.45, 7) is 1.55. The number of carbonyl (C=O) groups is 1. The molecule has 1 aromatic carbocycles. The van der Waals surface area contributed by atoms with E-state index in [0.29, 0.717) is 10.9 Å². The smallest absolute Gasteiger partial charge is 0.419 e. The van der Waals surface area contributed by atoms with Crippen LogP contribution < -0.4 is 16.0 Å². The van der Waals surface area contributed by atoms with Gasteiger partial charge < -0.3 is 10.5 Å². The zero-order valence-electron chi connectivity index (χ0n) is 12.9. The van der Waals surface area contributed by atoms with E-state index in [-0.39, 0.29) is 10.7 Å². The van der Waals surface area contributed by atoms with Crippen LogP contribution in [0.3, 0.4) is 0 Å². The van der Waals surface area contributed by atoms with Crippen molar-refractivity contribution in [2.24, 2.45) is 5.73 Å². The number of carbonyl (C=O) groups excluding carboxylic acids is 1. The maximum absolute atomic E-state index is 14.0. The molecule has 11 heteroatoms. The standard InChI is InChI=1S/C15H9F4N3O3S/c1-6-12(13(20)24)22-10(23)5-9(21-14(22)26-6)25-8-4-2-3-7(11(8)16)15(17,18)19/h2-5H,1H3,(H2,20,24). The molecule has 0 fully saturated rings. The summed E-state index contributed by atoms with van der Waals surface area (Å²) in [6, 6.07) is 3.33. The van der Waals surface area contributed by atoms with Gasteiger partial charge in [-0.2, -0.15) is 18.2 Å². The van der Waals surface area contributed by atoms with Gasteiger partial charge in [-0.3, -0.25) is 9.59 Å². The van der Waals surface area contributed by atoms with Crippen LogP contribution in [-0.4, -0.2) is 15.3 Å². The van der Waals surface area contributed by atoms with E-state index in [1.807, 2.05) is 0 Å². The molecule has 0 saturated carbocycles.